The van der Waals surface area contributed by atoms with Gasteiger partial charge in [-0.25, -0.2) is 0 Å². The lowest BCUT2D eigenvalue weighted by Crippen LogP contribution is -2.04. The minimum Gasteiger partial charge on any atom is -0.446 e. The largest absolute Gasteiger partial charge is 0.446 e. The molecule has 5 nitrogen and oxygen atoms in total. The molecule has 0 aliphatic carbocycles. The molecule has 0 fully saturated rings. The van der Waals surface area contributed by atoms with E-state index in [1.807, 2.05) is 30.3 Å². The second kappa shape index (κ2) is 8.18. The summed E-state index contributed by atoms with van der Waals surface area (Å²) in [5.74, 6) is 2.21. The molecule has 0 N–H and O–H groups in total. The van der Waals surface area contributed by atoms with Crippen molar-refractivity contribution in [2.24, 2.45) is 0 Å². The van der Waals surface area contributed by atoms with Crippen LogP contribution in [0.4, 0.5) is 0 Å². The molecule has 122 valence electrons. The van der Waals surface area contributed by atoms with Gasteiger partial charge in [-0.15, -0.1) is 10.2 Å². The Morgan fingerprint density at radius 3 is 2.71 bits per heavy atom. The highest BCUT2D eigenvalue weighted by molar-refractivity contribution is 9.10. The summed E-state index contributed by atoms with van der Waals surface area (Å²) in [5.41, 5.74) is 1.17. The number of aromatic nitrogens is 3. The maximum absolute atomic E-state index is 8.66. The Kier molecular flexibility index (Phi) is 5.72. The van der Waals surface area contributed by atoms with Crippen molar-refractivity contribution in [1.82, 2.24) is 14.8 Å². The Bertz CT molecular complexity index is 838. The van der Waals surface area contributed by atoms with Crippen molar-refractivity contribution in [3.63, 3.8) is 0 Å². The zero-order chi connectivity index (χ0) is 16.8. The fourth-order valence-corrected chi connectivity index (χ4v) is 3.42. The number of rotatable bonds is 7. The monoisotopic (exact) mass is 402 g/mol. The van der Waals surface area contributed by atoms with Crippen molar-refractivity contribution < 1.29 is 4.42 Å². The lowest BCUT2D eigenvalue weighted by molar-refractivity contribution is 0.545. The van der Waals surface area contributed by atoms with Crippen LogP contribution in [-0.4, -0.2) is 20.5 Å². The number of unbranched alkanes of at least 4 members (excludes halogenated alkanes) is 1. The Morgan fingerprint density at radius 2 is 2.00 bits per heavy atom. The number of nitriles is 1. The molecule has 0 amide bonds. The van der Waals surface area contributed by atoms with E-state index >= 15 is 0 Å². The van der Waals surface area contributed by atoms with E-state index in [1.165, 1.54) is 5.56 Å². The molecule has 2 heterocycles. The molecule has 3 rings (SSSR count). The first-order valence-electron chi connectivity index (χ1n) is 7.50. The van der Waals surface area contributed by atoms with Crippen molar-refractivity contribution in [1.29, 1.82) is 5.26 Å². The van der Waals surface area contributed by atoms with Gasteiger partial charge in [0.1, 0.15) is 0 Å². The molecule has 0 spiro atoms. The Labute approximate surface area is 152 Å². The fourth-order valence-electron chi connectivity index (χ4n) is 2.24. The van der Waals surface area contributed by atoms with E-state index in [-0.39, 0.29) is 0 Å². The molecule has 0 radical (unpaired) electrons. The third-order valence-corrected chi connectivity index (χ3v) is 4.84. The molecule has 1 aromatic carbocycles. The number of furan rings is 1. The number of benzene rings is 1. The van der Waals surface area contributed by atoms with Crippen LogP contribution < -0.4 is 0 Å². The Morgan fingerprint density at radius 1 is 1.17 bits per heavy atom. The summed E-state index contributed by atoms with van der Waals surface area (Å²) in [7, 11) is 0. The molecular weight excluding hydrogens is 388 g/mol. The molecule has 24 heavy (non-hydrogen) atoms. The second-order valence-corrected chi connectivity index (χ2v) is 6.94. The summed E-state index contributed by atoms with van der Waals surface area (Å²) in [4.78, 5) is 0. The van der Waals surface area contributed by atoms with Crippen LogP contribution in [0.15, 0.2) is 56.7 Å². The van der Waals surface area contributed by atoms with E-state index in [0.29, 0.717) is 29.2 Å². The first kappa shape index (κ1) is 16.8. The third-order valence-electron chi connectivity index (χ3n) is 3.36. The lowest BCUT2D eigenvalue weighted by Gasteiger charge is -2.09. The van der Waals surface area contributed by atoms with Gasteiger partial charge in [0.25, 0.3) is 0 Å². The van der Waals surface area contributed by atoms with E-state index in [9.17, 15) is 0 Å². The first-order valence-corrected chi connectivity index (χ1v) is 9.28. The quantitative estimate of drug-likeness (QED) is 0.421. The van der Waals surface area contributed by atoms with Gasteiger partial charge in [0.05, 0.1) is 12.6 Å². The molecule has 2 aromatic heterocycles. The van der Waals surface area contributed by atoms with E-state index in [2.05, 4.69) is 48.9 Å². The second-order valence-electron chi connectivity index (χ2n) is 5.09. The van der Waals surface area contributed by atoms with Gasteiger partial charge in [-0.2, -0.15) is 5.26 Å². The molecule has 0 atom stereocenters. The summed E-state index contributed by atoms with van der Waals surface area (Å²) in [5, 5.41) is 18.1. The minimum absolute atomic E-state index is 0.553. The summed E-state index contributed by atoms with van der Waals surface area (Å²) in [6, 6.07) is 16.1. The zero-order valence-corrected chi connectivity index (χ0v) is 15.3. The van der Waals surface area contributed by atoms with E-state index < -0.39 is 0 Å². The van der Waals surface area contributed by atoms with Crippen LogP contribution in [0.25, 0.3) is 11.6 Å². The number of nitrogens with zero attached hydrogens (tertiary/aromatic N) is 4. The van der Waals surface area contributed by atoms with Gasteiger partial charge >= 0.3 is 0 Å². The number of hydrogen-bond acceptors (Lipinski definition) is 5. The van der Waals surface area contributed by atoms with Gasteiger partial charge in [0, 0.05) is 12.2 Å². The van der Waals surface area contributed by atoms with Crippen LogP contribution in [0.2, 0.25) is 0 Å². The summed E-state index contributed by atoms with van der Waals surface area (Å²) in [6.45, 7) is 0.669. The van der Waals surface area contributed by atoms with Crippen LogP contribution >= 0.6 is 27.7 Å². The molecule has 3 aromatic rings. The van der Waals surface area contributed by atoms with Gasteiger partial charge in [0.2, 0.25) is 5.82 Å². The van der Waals surface area contributed by atoms with Gasteiger partial charge in [-0.3, -0.25) is 4.57 Å². The Hall–Kier alpha value is -2.04. The minimum atomic E-state index is 0.553. The highest BCUT2D eigenvalue weighted by atomic mass is 79.9. The van der Waals surface area contributed by atoms with E-state index in [4.69, 9.17) is 9.68 Å². The molecule has 0 saturated heterocycles. The first-order chi connectivity index (χ1) is 11.8. The standard InChI is InChI=1S/C17H15BrN4OS/c18-15-9-8-14(23-15)16-20-21-17(24-11-5-4-10-19)22(16)12-13-6-2-1-3-7-13/h1-3,6-9H,4-5,11-12H2. The molecule has 0 aliphatic heterocycles. The van der Waals surface area contributed by atoms with Gasteiger partial charge < -0.3 is 4.42 Å². The maximum Gasteiger partial charge on any atom is 0.200 e. The number of hydrogen-bond donors (Lipinski definition) is 0. The fraction of sp³-hybridized carbons (Fsp3) is 0.235. The average molecular weight is 403 g/mol. The van der Waals surface area contributed by atoms with Crippen LogP contribution in [0, 0.1) is 11.3 Å². The zero-order valence-electron chi connectivity index (χ0n) is 12.9. The van der Waals surface area contributed by atoms with Crippen LogP contribution in [0.1, 0.15) is 18.4 Å². The lowest BCUT2D eigenvalue weighted by atomic mass is 10.2. The predicted molar refractivity (Wildman–Crippen MR) is 96.5 cm³/mol. The van der Waals surface area contributed by atoms with Crippen LogP contribution in [-0.2, 0) is 6.54 Å². The average Bonchev–Trinajstić information content (AvgIpc) is 3.19. The van der Waals surface area contributed by atoms with Crippen molar-refractivity contribution in [2.75, 3.05) is 5.75 Å². The van der Waals surface area contributed by atoms with Gasteiger partial charge in [0.15, 0.2) is 15.6 Å². The normalized spacial score (nSPS) is 10.7. The van der Waals surface area contributed by atoms with Crippen molar-refractivity contribution >= 4 is 27.7 Å². The number of thioether (sulfide) groups is 1. The van der Waals surface area contributed by atoms with Crippen molar-refractivity contribution in [3.05, 3.63) is 52.7 Å². The summed E-state index contributed by atoms with van der Waals surface area (Å²) in [6.07, 6.45) is 1.39. The third kappa shape index (κ3) is 4.08. The predicted octanol–water partition coefficient (Wildman–Crippen LogP) is 4.74. The SMILES string of the molecule is N#CCCCSc1nnc(-c2ccc(Br)o2)n1Cc1ccccc1. The molecule has 0 bridgehead atoms. The molecule has 7 heteroatoms. The molecule has 0 saturated carbocycles. The van der Waals surface area contributed by atoms with E-state index in [1.54, 1.807) is 11.8 Å². The van der Waals surface area contributed by atoms with Crippen molar-refractivity contribution in [3.8, 4) is 17.7 Å². The topological polar surface area (TPSA) is 67.6 Å². The molecule has 0 aliphatic rings. The number of halogens is 1. The molecule has 0 unspecified atom stereocenters. The van der Waals surface area contributed by atoms with Gasteiger partial charge in [-0.1, -0.05) is 42.1 Å². The van der Waals surface area contributed by atoms with Crippen molar-refractivity contribution in [2.45, 2.75) is 24.5 Å². The Balaban J connectivity index is 1.88. The smallest absolute Gasteiger partial charge is 0.200 e. The van der Waals surface area contributed by atoms with Gasteiger partial charge in [-0.05, 0) is 40.0 Å². The highest BCUT2D eigenvalue weighted by Gasteiger charge is 2.17. The highest BCUT2D eigenvalue weighted by Crippen LogP contribution is 2.28. The van der Waals surface area contributed by atoms with Crippen LogP contribution in [0.5, 0.6) is 0 Å². The maximum atomic E-state index is 8.66. The van der Waals surface area contributed by atoms with E-state index in [0.717, 1.165) is 17.3 Å². The summed E-state index contributed by atoms with van der Waals surface area (Å²) >= 11 is 4.94. The summed E-state index contributed by atoms with van der Waals surface area (Å²) < 4.78 is 8.36. The van der Waals surface area contributed by atoms with Crippen LogP contribution in [0.3, 0.4) is 0 Å². The molecular formula is C17H15BrN4OS.